The van der Waals surface area contributed by atoms with Gasteiger partial charge in [-0.2, -0.15) is 0 Å². The maximum atomic E-state index is 12.2. The molecule has 8 nitrogen and oxygen atoms in total. The largest absolute Gasteiger partial charge is 0.437 e. The minimum Gasteiger partial charge on any atom is -0.437 e. The van der Waals surface area contributed by atoms with Gasteiger partial charge in [0.15, 0.2) is 0 Å². The summed E-state index contributed by atoms with van der Waals surface area (Å²) in [5.74, 6) is 1.21. The van der Waals surface area contributed by atoms with E-state index in [1.807, 2.05) is 84.9 Å². The lowest BCUT2D eigenvalue weighted by atomic mass is 10.1. The van der Waals surface area contributed by atoms with E-state index in [1.54, 1.807) is 0 Å². The first kappa shape index (κ1) is 23.1. The van der Waals surface area contributed by atoms with E-state index in [0.717, 1.165) is 23.2 Å². The van der Waals surface area contributed by atoms with Gasteiger partial charge in [0.1, 0.15) is 17.9 Å². The zero-order valence-corrected chi connectivity index (χ0v) is 19.4. The molecule has 0 atom stereocenters. The monoisotopic (exact) mass is 479 g/mol. The highest BCUT2D eigenvalue weighted by atomic mass is 16.3. The molecule has 2 amide bonds. The SMILES string of the molecule is O=C(Nc1ccccc1)Nc1ccc(CCNc2ncnc3oc(-c4ccccc4)c(CO)c23)cc1. The number of amides is 2. The molecule has 2 aromatic heterocycles. The topological polar surface area (TPSA) is 112 Å². The number of benzene rings is 3. The number of urea groups is 1. The van der Waals surface area contributed by atoms with Crippen LogP contribution >= 0.6 is 0 Å². The lowest BCUT2D eigenvalue weighted by molar-refractivity contribution is 0.262. The highest BCUT2D eigenvalue weighted by molar-refractivity contribution is 5.99. The summed E-state index contributed by atoms with van der Waals surface area (Å²) >= 11 is 0. The molecule has 5 rings (SSSR count). The van der Waals surface area contributed by atoms with Gasteiger partial charge in [-0.3, -0.25) is 0 Å². The molecular formula is C28H25N5O3. The van der Waals surface area contributed by atoms with Crippen LogP contribution in [0, 0.1) is 0 Å². The fraction of sp³-hybridized carbons (Fsp3) is 0.107. The number of hydrogen-bond acceptors (Lipinski definition) is 6. The predicted octanol–water partition coefficient (Wildman–Crippen LogP) is 5.68. The summed E-state index contributed by atoms with van der Waals surface area (Å²) in [4.78, 5) is 20.8. The highest BCUT2D eigenvalue weighted by Gasteiger charge is 2.19. The second kappa shape index (κ2) is 10.7. The highest BCUT2D eigenvalue weighted by Crippen LogP contribution is 2.35. The summed E-state index contributed by atoms with van der Waals surface area (Å²) in [6, 6.07) is 26.3. The molecule has 0 saturated carbocycles. The summed E-state index contributed by atoms with van der Waals surface area (Å²) < 4.78 is 5.97. The number of aliphatic hydroxyl groups is 1. The maximum Gasteiger partial charge on any atom is 0.323 e. The van der Waals surface area contributed by atoms with Crippen molar-refractivity contribution >= 4 is 34.3 Å². The zero-order chi connectivity index (χ0) is 24.7. The van der Waals surface area contributed by atoms with Gasteiger partial charge >= 0.3 is 6.03 Å². The molecule has 0 bridgehead atoms. The minimum absolute atomic E-state index is 0.189. The third-order valence-corrected chi connectivity index (χ3v) is 5.73. The van der Waals surface area contributed by atoms with Crippen molar-refractivity contribution in [3.8, 4) is 11.3 Å². The van der Waals surface area contributed by atoms with Crippen LogP contribution in [0.15, 0.2) is 95.7 Å². The van der Waals surface area contributed by atoms with Crippen molar-refractivity contribution in [3.63, 3.8) is 0 Å². The van der Waals surface area contributed by atoms with Crippen molar-refractivity contribution in [2.24, 2.45) is 0 Å². The van der Waals surface area contributed by atoms with Gasteiger partial charge in [-0.05, 0) is 36.2 Å². The van der Waals surface area contributed by atoms with Gasteiger partial charge in [-0.1, -0.05) is 60.7 Å². The molecule has 36 heavy (non-hydrogen) atoms. The number of anilines is 3. The van der Waals surface area contributed by atoms with Crippen LogP contribution in [0.25, 0.3) is 22.4 Å². The quantitative estimate of drug-likeness (QED) is 0.228. The van der Waals surface area contributed by atoms with Crippen molar-refractivity contribution in [1.29, 1.82) is 0 Å². The van der Waals surface area contributed by atoms with Crippen molar-refractivity contribution in [2.45, 2.75) is 13.0 Å². The number of rotatable bonds is 8. The van der Waals surface area contributed by atoms with E-state index in [1.165, 1.54) is 6.33 Å². The number of furan rings is 1. The number of nitrogens with zero attached hydrogens (tertiary/aromatic N) is 2. The number of aliphatic hydroxyl groups excluding tert-OH is 1. The van der Waals surface area contributed by atoms with Crippen LogP contribution in [0.2, 0.25) is 0 Å². The van der Waals surface area contributed by atoms with E-state index >= 15 is 0 Å². The number of hydrogen-bond donors (Lipinski definition) is 4. The summed E-state index contributed by atoms with van der Waals surface area (Å²) in [5.41, 5.74) is 4.49. The van der Waals surface area contributed by atoms with Crippen molar-refractivity contribution in [3.05, 3.63) is 102 Å². The molecule has 0 aliphatic carbocycles. The maximum absolute atomic E-state index is 12.2. The number of carbonyl (C=O) groups excluding carboxylic acids is 1. The fourth-order valence-electron chi connectivity index (χ4n) is 3.99. The number of carbonyl (C=O) groups is 1. The predicted molar refractivity (Wildman–Crippen MR) is 141 cm³/mol. The first-order chi connectivity index (χ1) is 17.7. The Kier molecular flexibility index (Phi) is 6.86. The van der Waals surface area contributed by atoms with E-state index < -0.39 is 0 Å². The standard InChI is InChI=1S/C28H25N5O3/c34-17-23-24-26(30-18-31-27(24)36-25(23)20-7-3-1-4-8-20)29-16-15-19-11-13-22(14-12-19)33-28(35)32-21-9-5-2-6-10-21/h1-14,18,34H,15-17H2,(H,29,30,31)(H2,32,33,35). The molecule has 5 aromatic rings. The second-order valence-corrected chi connectivity index (χ2v) is 8.16. The smallest absolute Gasteiger partial charge is 0.323 e. The molecule has 0 unspecified atom stereocenters. The van der Waals surface area contributed by atoms with Crippen molar-refractivity contribution in [1.82, 2.24) is 9.97 Å². The van der Waals surface area contributed by atoms with Gasteiger partial charge < -0.3 is 25.5 Å². The number of fused-ring (bicyclic) bond motifs is 1. The molecule has 0 saturated heterocycles. The molecule has 4 N–H and O–H groups in total. The van der Waals surface area contributed by atoms with Crippen LogP contribution < -0.4 is 16.0 Å². The third-order valence-electron chi connectivity index (χ3n) is 5.73. The Labute approximate surface area is 208 Å². The number of nitrogens with one attached hydrogen (secondary N) is 3. The van der Waals surface area contributed by atoms with Crippen LogP contribution in [0.1, 0.15) is 11.1 Å². The van der Waals surface area contributed by atoms with E-state index in [9.17, 15) is 9.90 Å². The van der Waals surface area contributed by atoms with Crippen molar-refractivity contribution in [2.75, 3.05) is 22.5 Å². The summed E-state index contributed by atoms with van der Waals surface area (Å²) in [6.45, 7) is 0.426. The first-order valence-electron chi connectivity index (χ1n) is 11.6. The molecule has 0 aliphatic heterocycles. The molecule has 0 spiro atoms. The van der Waals surface area contributed by atoms with Crippen molar-refractivity contribution < 1.29 is 14.3 Å². The van der Waals surface area contributed by atoms with E-state index in [4.69, 9.17) is 4.42 Å². The number of para-hydroxylation sites is 1. The normalized spacial score (nSPS) is 10.8. The minimum atomic E-state index is -0.293. The van der Waals surface area contributed by atoms with Crippen LogP contribution in [-0.2, 0) is 13.0 Å². The molecule has 180 valence electrons. The van der Waals surface area contributed by atoms with Gasteiger partial charge in [0.2, 0.25) is 5.71 Å². The Bertz CT molecular complexity index is 1450. The molecule has 3 aromatic carbocycles. The van der Waals surface area contributed by atoms with E-state index in [0.29, 0.717) is 40.5 Å². The summed E-state index contributed by atoms with van der Waals surface area (Å²) in [6.07, 6.45) is 2.19. The van der Waals surface area contributed by atoms with Gasteiger partial charge in [0.05, 0.1) is 12.0 Å². The Morgan fingerprint density at radius 1 is 0.833 bits per heavy atom. The lowest BCUT2D eigenvalue weighted by Crippen LogP contribution is -2.19. The average molecular weight is 480 g/mol. The number of aromatic nitrogens is 2. The molecule has 2 heterocycles. The van der Waals surface area contributed by atoms with Gasteiger partial charge in [-0.15, -0.1) is 0 Å². The summed E-state index contributed by atoms with van der Waals surface area (Å²) in [5, 5.41) is 19.7. The van der Waals surface area contributed by atoms with Crippen LogP contribution in [0.5, 0.6) is 0 Å². The Balaban J connectivity index is 1.22. The fourth-order valence-corrected chi connectivity index (χ4v) is 3.99. The third kappa shape index (κ3) is 5.18. The second-order valence-electron chi connectivity index (χ2n) is 8.16. The molecule has 8 heteroatoms. The lowest BCUT2D eigenvalue weighted by Gasteiger charge is -2.09. The van der Waals surface area contributed by atoms with E-state index in [2.05, 4.69) is 25.9 Å². The first-order valence-corrected chi connectivity index (χ1v) is 11.6. The zero-order valence-electron chi connectivity index (χ0n) is 19.4. The van der Waals surface area contributed by atoms with Crippen LogP contribution in [0.3, 0.4) is 0 Å². The molecule has 0 radical (unpaired) electrons. The Morgan fingerprint density at radius 3 is 2.19 bits per heavy atom. The molecular weight excluding hydrogens is 454 g/mol. The average Bonchev–Trinajstić information content (AvgIpc) is 3.30. The summed E-state index contributed by atoms with van der Waals surface area (Å²) in [7, 11) is 0. The Morgan fingerprint density at radius 2 is 1.50 bits per heavy atom. The Hall–Kier alpha value is -4.69. The van der Waals surface area contributed by atoms with Crippen LogP contribution in [-0.4, -0.2) is 27.7 Å². The molecule has 0 aliphatic rings. The van der Waals surface area contributed by atoms with Gasteiger partial charge in [-0.25, -0.2) is 14.8 Å². The van der Waals surface area contributed by atoms with Crippen LogP contribution in [0.4, 0.5) is 22.0 Å². The van der Waals surface area contributed by atoms with Gasteiger partial charge in [0, 0.05) is 29.0 Å². The van der Waals surface area contributed by atoms with E-state index in [-0.39, 0.29) is 12.6 Å². The van der Waals surface area contributed by atoms with Gasteiger partial charge in [0.25, 0.3) is 0 Å². The molecule has 0 fully saturated rings.